The standard InChI is InChI=1S/C23H27FN3/c1-5-23(3,4)13-20-15-26-22(27-20)16(2)12-17-6-8-18(9-7-17)21-11-10-19(24)14-25-21/h6-11,14-15H,5,12-13H2,1-4H3,(H,26,27). The van der Waals surface area contributed by atoms with Crippen LogP contribution in [-0.2, 0) is 12.8 Å². The summed E-state index contributed by atoms with van der Waals surface area (Å²) in [5.74, 6) is 1.85. The lowest BCUT2D eigenvalue weighted by atomic mass is 9.85. The highest BCUT2D eigenvalue weighted by Crippen LogP contribution is 2.26. The number of nitrogens with zero attached hydrogens (tertiary/aromatic N) is 2. The molecule has 0 spiro atoms. The van der Waals surface area contributed by atoms with Crippen molar-refractivity contribution in [3.05, 3.63) is 77.6 Å². The number of aromatic nitrogens is 3. The van der Waals surface area contributed by atoms with Crippen LogP contribution in [0.1, 0.15) is 51.2 Å². The van der Waals surface area contributed by atoms with Crippen molar-refractivity contribution < 1.29 is 4.39 Å². The smallest absolute Gasteiger partial charge is 0.141 e. The van der Waals surface area contributed by atoms with Crippen LogP contribution >= 0.6 is 0 Å². The van der Waals surface area contributed by atoms with E-state index in [1.54, 1.807) is 6.07 Å². The molecule has 0 amide bonds. The molecular weight excluding hydrogens is 337 g/mol. The highest BCUT2D eigenvalue weighted by atomic mass is 19.1. The van der Waals surface area contributed by atoms with Gasteiger partial charge in [0.05, 0.1) is 17.6 Å². The number of hydrogen-bond acceptors (Lipinski definition) is 2. The molecule has 0 atom stereocenters. The zero-order chi connectivity index (χ0) is 19.4. The first kappa shape index (κ1) is 19.3. The number of nitrogens with one attached hydrogen (secondary N) is 1. The van der Waals surface area contributed by atoms with Crippen LogP contribution in [0.25, 0.3) is 11.3 Å². The molecule has 0 aliphatic heterocycles. The van der Waals surface area contributed by atoms with Gasteiger partial charge in [-0.3, -0.25) is 4.98 Å². The van der Waals surface area contributed by atoms with E-state index in [1.807, 2.05) is 18.3 Å². The van der Waals surface area contributed by atoms with E-state index in [-0.39, 0.29) is 11.2 Å². The third kappa shape index (κ3) is 5.03. The lowest BCUT2D eigenvalue weighted by molar-refractivity contribution is 0.346. The average molecular weight is 364 g/mol. The molecule has 141 valence electrons. The average Bonchev–Trinajstić information content (AvgIpc) is 3.11. The van der Waals surface area contributed by atoms with E-state index < -0.39 is 0 Å². The van der Waals surface area contributed by atoms with Gasteiger partial charge in [0, 0.05) is 17.7 Å². The maximum atomic E-state index is 13.0. The lowest BCUT2D eigenvalue weighted by Gasteiger charge is -2.20. The third-order valence-corrected chi connectivity index (χ3v) is 5.10. The fourth-order valence-electron chi connectivity index (χ4n) is 3.01. The molecule has 0 aliphatic rings. The SMILES string of the molecule is CCC(C)(C)Cc1c[nH]c([C](C)Cc2ccc(-c3ccc(F)cn3)cc2)n1. The maximum Gasteiger partial charge on any atom is 0.141 e. The molecule has 0 bridgehead atoms. The van der Waals surface area contributed by atoms with Gasteiger partial charge in [-0.1, -0.05) is 58.4 Å². The summed E-state index contributed by atoms with van der Waals surface area (Å²) in [4.78, 5) is 12.2. The van der Waals surface area contributed by atoms with Crippen LogP contribution < -0.4 is 0 Å². The highest BCUT2D eigenvalue weighted by Gasteiger charge is 2.19. The summed E-state index contributed by atoms with van der Waals surface area (Å²) in [6.07, 6.45) is 6.22. The molecule has 1 N–H and O–H groups in total. The number of halogens is 1. The summed E-state index contributed by atoms with van der Waals surface area (Å²) in [6.45, 7) is 8.88. The fourth-order valence-corrected chi connectivity index (χ4v) is 3.01. The van der Waals surface area contributed by atoms with Gasteiger partial charge in [-0.05, 0) is 36.0 Å². The van der Waals surface area contributed by atoms with E-state index in [0.717, 1.165) is 42.0 Å². The molecule has 27 heavy (non-hydrogen) atoms. The Bertz CT molecular complexity index is 863. The molecule has 0 fully saturated rings. The number of hydrogen-bond donors (Lipinski definition) is 1. The van der Waals surface area contributed by atoms with Gasteiger partial charge in [0.25, 0.3) is 0 Å². The predicted octanol–water partition coefficient (Wildman–Crippen LogP) is 5.77. The van der Waals surface area contributed by atoms with Crippen molar-refractivity contribution in [3.63, 3.8) is 0 Å². The molecule has 3 rings (SSSR count). The van der Waals surface area contributed by atoms with Crippen LogP contribution in [0.4, 0.5) is 4.39 Å². The number of aromatic amines is 1. The highest BCUT2D eigenvalue weighted by molar-refractivity contribution is 5.59. The van der Waals surface area contributed by atoms with Crippen LogP contribution in [0.3, 0.4) is 0 Å². The van der Waals surface area contributed by atoms with Crippen molar-refractivity contribution in [2.75, 3.05) is 0 Å². The summed E-state index contributed by atoms with van der Waals surface area (Å²) in [6, 6.07) is 11.4. The number of imidazole rings is 1. The van der Waals surface area contributed by atoms with Gasteiger partial charge in [0.1, 0.15) is 11.6 Å². The van der Waals surface area contributed by atoms with Crippen molar-refractivity contribution in [1.82, 2.24) is 15.0 Å². The minimum absolute atomic E-state index is 0.268. The van der Waals surface area contributed by atoms with E-state index in [1.165, 1.54) is 23.7 Å². The van der Waals surface area contributed by atoms with Crippen LogP contribution in [0.5, 0.6) is 0 Å². The first-order valence-corrected chi connectivity index (χ1v) is 9.44. The van der Waals surface area contributed by atoms with Crippen LogP contribution in [0, 0.1) is 17.2 Å². The maximum absolute atomic E-state index is 13.0. The van der Waals surface area contributed by atoms with Crippen molar-refractivity contribution in [2.24, 2.45) is 5.41 Å². The molecule has 2 aromatic heterocycles. The first-order chi connectivity index (χ1) is 12.9. The van der Waals surface area contributed by atoms with Gasteiger partial charge in [-0.2, -0.15) is 0 Å². The van der Waals surface area contributed by atoms with Crippen molar-refractivity contribution in [2.45, 2.75) is 47.0 Å². The Hall–Kier alpha value is -2.49. The Balaban J connectivity index is 1.65. The molecule has 1 radical (unpaired) electrons. The zero-order valence-corrected chi connectivity index (χ0v) is 16.5. The molecule has 0 saturated carbocycles. The summed E-state index contributed by atoms with van der Waals surface area (Å²) in [5.41, 5.74) is 4.36. The third-order valence-electron chi connectivity index (χ3n) is 5.10. The normalized spacial score (nSPS) is 11.9. The van der Waals surface area contributed by atoms with Gasteiger partial charge in [0.15, 0.2) is 0 Å². The van der Waals surface area contributed by atoms with E-state index in [9.17, 15) is 4.39 Å². The summed E-state index contributed by atoms with van der Waals surface area (Å²) < 4.78 is 13.0. The number of pyridine rings is 1. The monoisotopic (exact) mass is 364 g/mol. The number of benzene rings is 1. The van der Waals surface area contributed by atoms with Gasteiger partial charge < -0.3 is 4.98 Å². The minimum Gasteiger partial charge on any atom is -0.348 e. The minimum atomic E-state index is -0.319. The predicted molar refractivity (Wildman–Crippen MR) is 108 cm³/mol. The summed E-state index contributed by atoms with van der Waals surface area (Å²) >= 11 is 0. The van der Waals surface area contributed by atoms with Crippen molar-refractivity contribution >= 4 is 0 Å². The Labute approximate surface area is 161 Å². The second kappa shape index (κ2) is 8.03. The van der Waals surface area contributed by atoms with Crippen molar-refractivity contribution in [1.29, 1.82) is 0 Å². The molecule has 4 heteroatoms. The van der Waals surface area contributed by atoms with Gasteiger partial charge in [0.2, 0.25) is 0 Å². The van der Waals surface area contributed by atoms with Crippen LogP contribution in [0.2, 0.25) is 0 Å². The molecule has 1 aromatic carbocycles. The fraction of sp³-hybridized carbons (Fsp3) is 0.348. The lowest BCUT2D eigenvalue weighted by Crippen LogP contribution is -2.13. The topological polar surface area (TPSA) is 41.6 Å². The van der Waals surface area contributed by atoms with E-state index in [2.05, 4.69) is 49.8 Å². The molecule has 3 nitrogen and oxygen atoms in total. The van der Waals surface area contributed by atoms with Gasteiger partial charge in [-0.25, -0.2) is 9.37 Å². The molecule has 2 heterocycles. The number of rotatable bonds is 7. The van der Waals surface area contributed by atoms with Crippen LogP contribution in [-0.4, -0.2) is 15.0 Å². The van der Waals surface area contributed by atoms with E-state index in [4.69, 9.17) is 4.98 Å². The largest absolute Gasteiger partial charge is 0.348 e. The van der Waals surface area contributed by atoms with Gasteiger partial charge in [-0.15, -0.1) is 0 Å². The van der Waals surface area contributed by atoms with Crippen LogP contribution in [0.15, 0.2) is 48.8 Å². The van der Waals surface area contributed by atoms with Gasteiger partial charge >= 0.3 is 0 Å². The molecule has 0 unspecified atom stereocenters. The summed E-state index contributed by atoms with van der Waals surface area (Å²) in [5, 5.41) is 0. The molecule has 0 saturated heterocycles. The van der Waals surface area contributed by atoms with Crippen molar-refractivity contribution in [3.8, 4) is 11.3 Å². The summed E-state index contributed by atoms with van der Waals surface area (Å²) in [7, 11) is 0. The van der Waals surface area contributed by atoms with E-state index in [0.29, 0.717) is 0 Å². The second-order valence-electron chi connectivity index (χ2n) is 7.95. The molecule has 3 aromatic rings. The first-order valence-electron chi connectivity index (χ1n) is 9.44. The quantitative estimate of drug-likeness (QED) is 0.578. The molecule has 0 aliphatic carbocycles. The Morgan fingerprint density at radius 2 is 1.85 bits per heavy atom. The Kier molecular flexibility index (Phi) is 5.73. The number of H-pyrrole nitrogens is 1. The second-order valence-corrected chi connectivity index (χ2v) is 7.95. The zero-order valence-electron chi connectivity index (χ0n) is 16.5. The Morgan fingerprint density at radius 1 is 1.11 bits per heavy atom. The van der Waals surface area contributed by atoms with E-state index >= 15 is 0 Å². The Morgan fingerprint density at radius 3 is 2.48 bits per heavy atom. The molecular formula is C23H27FN3.